The second kappa shape index (κ2) is 11.4. The molecule has 2 aliphatic heterocycles. The van der Waals surface area contributed by atoms with Gasteiger partial charge in [-0.3, -0.25) is 9.69 Å². The van der Waals surface area contributed by atoms with E-state index < -0.39 is 0 Å². The van der Waals surface area contributed by atoms with Crippen LogP contribution in [0.15, 0.2) is 60.2 Å². The number of aryl methyl sites for hydroxylation is 2. The number of rotatable bonds is 5. The predicted octanol–water partition coefficient (Wildman–Crippen LogP) is 6.38. The average Bonchev–Trinajstić information content (AvgIpc) is 3.25. The molecule has 0 spiro atoms. The van der Waals surface area contributed by atoms with Crippen molar-refractivity contribution in [2.24, 2.45) is 0 Å². The fourth-order valence-electron chi connectivity index (χ4n) is 5.94. The minimum Gasteiger partial charge on any atom is -0.381 e. The fraction of sp³-hybridized carbons (Fsp3) is 0.406. The Morgan fingerprint density at radius 2 is 1.76 bits per heavy atom. The molecular formula is C32H37N3O2S. The van der Waals surface area contributed by atoms with Crippen LogP contribution in [0.4, 0.5) is 11.4 Å². The number of ether oxygens (including phenoxy) is 1. The molecule has 2 saturated heterocycles. The van der Waals surface area contributed by atoms with Crippen LogP contribution in [0.25, 0.3) is 16.5 Å². The maximum Gasteiger partial charge on any atom is 0.251 e. The third-order valence-electron chi connectivity index (χ3n) is 8.13. The van der Waals surface area contributed by atoms with E-state index in [0.717, 1.165) is 82.8 Å². The largest absolute Gasteiger partial charge is 0.381 e. The summed E-state index contributed by atoms with van der Waals surface area (Å²) in [7, 11) is 0. The minimum absolute atomic E-state index is 0.0129. The monoisotopic (exact) mass is 527 g/mol. The molecule has 1 N–H and O–H groups in total. The van der Waals surface area contributed by atoms with Crippen molar-refractivity contribution in [3.8, 4) is 10.4 Å². The first-order valence-corrected chi connectivity index (χ1v) is 14.8. The van der Waals surface area contributed by atoms with E-state index in [0.29, 0.717) is 6.04 Å². The molecule has 3 aromatic rings. The number of nitrogens with one attached hydrogen (secondary N) is 1. The summed E-state index contributed by atoms with van der Waals surface area (Å²) in [5, 5.41) is 3.15. The molecule has 6 rings (SSSR count). The Kier molecular flexibility index (Phi) is 7.63. The molecule has 0 bridgehead atoms. The van der Waals surface area contributed by atoms with E-state index in [1.54, 1.807) is 0 Å². The lowest BCUT2D eigenvalue weighted by atomic mass is 10.1. The van der Waals surface area contributed by atoms with E-state index in [9.17, 15) is 4.79 Å². The summed E-state index contributed by atoms with van der Waals surface area (Å²) in [6, 6.07) is 20.0. The molecule has 5 nitrogen and oxygen atoms in total. The molecule has 0 unspecified atom stereocenters. The zero-order valence-corrected chi connectivity index (χ0v) is 23.1. The predicted molar refractivity (Wildman–Crippen MR) is 158 cm³/mol. The molecular weight excluding hydrogens is 490 g/mol. The summed E-state index contributed by atoms with van der Waals surface area (Å²) in [5.41, 5.74) is 6.68. The van der Waals surface area contributed by atoms with Gasteiger partial charge in [-0.15, -0.1) is 11.3 Å². The fourth-order valence-corrected chi connectivity index (χ4v) is 7.12. The molecule has 3 aliphatic rings. The van der Waals surface area contributed by atoms with E-state index in [1.165, 1.54) is 32.1 Å². The summed E-state index contributed by atoms with van der Waals surface area (Å²) in [6.45, 7) is 8.23. The standard InChI is InChI=1S/C32H37N3O2S/c1-23-4-2-5-24(20-23)31-22-26-21-25(6-3-7-30(26)38-31)32(36)33-27-8-10-28(11-9-27)34-14-16-35(17-15-34)29-12-18-37-19-13-29/h2,4-5,8-11,20-22,29H,3,6-7,12-19H2,1H3,(H,33,36). The summed E-state index contributed by atoms with van der Waals surface area (Å²) in [4.78, 5) is 21.0. The number of thiophene rings is 1. The van der Waals surface area contributed by atoms with E-state index in [-0.39, 0.29) is 5.91 Å². The van der Waals surface area contributed by atoms with E-state index in [1.807, 2.05) is 23.5 Å². The smallest absolute Gasteiger partial charge is 0.251 e. The lowest BCUT2D eigenvalue weighted by Gasteiger charge is -2.41. The number of hydrogen-bond donors (Lipinski definition) is 1. The van der Waals surface area contributed by atoms with Gasteiger partial charge in [0.25, 0.3) is 5.91 Å². The lowest BCUT2D eigenvalue weighted by molar-refractivity contribution is -0.112. The highest BCUT2D eigenvalue weighted by Gasteiger charge is 2.25. The summed E-state index contributed by atoms with van der Waals surface area (Å²) in [5.74, 6) is 0.0129. The first-order valence-electron chi connectivity index (χ1n) is 14.0. The normalized spacial score (nSPS) is 19.0. The molecule has 1 aliphatic carbocycles. The van der Waals surface area contributed by atoms with Crippen LogP contribution in [0.5, 0.6) is 0 Å². The summed E-state index contributed by atoms with van der Waals surface area (Å²) >= 11 is 1.86. The number of carbonyl (C=O) groups excluding carboxylic acids is 1. The molecule has 0 saturated carbocycles. The number of hydrogen-bond acceptors (Lipinski definition) is 5. The second-order valence-electron chi connectivity index (χ2n) is 10.7. The third-order valence-corrected chi connectivity index (χ3v) is 9.39. The van der Waals surface area contributed by atoms with Crippen LogP contribution in [0.2, 0.25) is 0 Å². The van der Waals surface area contributed by atoms with Gasteiger partial charge in [0, 0.05) is 72.1 Å². The van der Waals surface area contributed by atoms with Crippen molar-refractivity contribution in [3.63, 3.8) is 0 Å². The maximum absolute atomic E-state index is 13.2. The molecule has 0 radical (unpaired) electrons. The van der Waals surface area contributed by atoms with Crippen molar-refractivity contribution >= 4 is 34.7 Å². The maximum atomic E-state index is 13.2. The van der Waals surface area contributed by atoms with Crippen LogP contribution >= 0.6 is 11.3 Å². The minimum atomic E-state index is 0.0129. The van der Waals surface area contributed by atoms with Crippen LogP contribution in [-0.2, 0) is 16.0 Å². The van der Waals surface area contributed by atoms with Gasteiger partial charge in [-0.25, -0.2) is 0 Å². The first-order chi connectivity index (χ1) is 18.6. The van der Waals surface area contributed by atoms with Gasteiger partial charge < -0.3 is 15.0 Å². The molecule has 0 atom stereocenters. The van der Waals surface area contributed by atoms with Crippen molar-refractivity contribution in [1.29, 1.82) is 0 Å². The number of carbonyl (C=O) groups is 1. The topological polar surface area (TPSA) is 44.8 Å². The van der Waals surface area contributed by atoms with Crippen LogP contribution in [0, 0.1) is 6.92 Å². The highest BCUT2D eigenvalue weighted by molar-refractivity contribution is 7.15. The second-order valence-corrected chi connectivity index (χ2v) is 11.9. The van der Waals surface area contributed by atoms with Gasteiger partial charge in [0.2, 0.25) is 0 Å². The SMILES string of the molecule is Cc1cccc(-c2cc3c(s2)CCCC(C(=O)Nc2ccc(N4CCN(C5CCOCC5)CC4)cc2)=C3)c1. The molecule has 1 amide bonds. The van der Waals surface area contributed by atoms with Gasteiger partial charge >= 0.3 is 0 Å². The number of amides is 1. The molecule has 38 heavy (non-hydrogen) atoms. The van der Waals surface area contributed by atoms with Gasteiger partial charge in [-0.1, -0.05) is 29.8 Å². The summed E-state index contributed by atoms with van der Waals surface area (Å²) in [6.07, 6.45) is 7.26. The van der Waals surface area contributed by atoms with Crippen LogP contribution in [-0.4, -0.2) is 56.2 Å². The van der Waals surface area contributed by atoms with Gasteiger partial charge in [-0.05, 0) is 86.6 Å². The quantitative estimate of drug-likeness (QED) is 0.418. The van der Waals surface area contributed by atoms with Crippen LogP contribution in [0.1, 0.15) is 41.7 Å². The zero-order chi connectivity index (χ0) is 25.9. The Morgan fingerprint density at radius 3 is 2.53 bits per heavy atom. The van der Waals surface area contributed by atoms with Crippen LogP contribution in [0.3, 0.4) is 0 Å². The Labute approximate surface area is 230 Å². The zero-order valence-electron chi connectivity index (χ0n) is 22.2. The number of benzene rings is 2. The van der Waals surface area contributed by atoms with Crippen molar-refractivity contribution in [1.82, 2.24) is 4.90 Å². The van der Waals surface area contributed by atoms with E-state index in [2.05, 4.69) is 70.6 Å². The number of piperazine rings is 1. The molecule has 2 fully saturated rings. The van der Waals surface area contributed by atoms with Crippen LogP contribution < -0.4 is 10.2 Å². The molecule has 198 valence electrons. The lowest BCUT2D eigenvalue weighted by Crippen LogP contribution is -2.51. The van der Waals surface area contributed by atoms with Gasteiger partial charge in [0.15, 0.2) is 0 Å². The Bertz CT molecular complexity index is 1300. The van der Waals surface area contributed by atoms with Gasteiger partial charge in [0.05, 0.1) is 0 Å². The molecule has 3 heterocycles. The molecule has 6 heteroatoms. The number of anilines is 2. The Morgan fingerprint density at radius 1 is 0.974 bits per heavy atom. The molecule has 1 aromatic heterocycles. The highest BCUT2D eigenvalue weighted by Crippen LogP contribution is 2.36. The molecule has 2 aromatic carbocycles. The van der Waals surface area contributed by atoms with Gasteiger partial charge in [-0.2, -0.15) is 0 Å². The van der Waals surface area contributed by atoms with Crippen molar-refractivity contribution in [3.05, 3.63) is 76.2 Å². The number of nitrogens with zero attached hydrogens (tertiary/aromatic N) is 2. The highest BCUT2D eigenvalue weighted by atomic mass is 32.1. The summed E-state index contributed by atoms with van der Waals surface area (Å²) < 4.78 is 5.53. The van der Waals surface area contributed by atoms with E-state index in [4.69, 9.17) is 4.74 Å². The van der Waals surface area contributed by atoms with Crippen molar-refractivity contribution in [2.45, 2.75) is 45.1 Å². The number of fused-ring (bicyclic) bond motifs is 1. The van der Waals surface area contributed by atoms with Gasteiger partial charge in [0.1, 0.15) is 0 Å². The third kappa shape index (κ3) is 5.73. The Balaban J connectivity index is 1.08. The average molecular weight is 528 g/mol. The van der Waals surface area contributed by atoms with E-state index >= 15 is 0 Å². The Hall–Kier alpha value is -2.93. The first kappa shape index (κ1) is 25.4. The van der Waals surface area contributed by atoms with Crippen molar-refractivity contribution < 1.29 is 9.53 Å². The van der Waals surface area contributed by atoms with Crippen molar-refractivity contribution in [2.75, 3.05) is 49.6 Å².